The molecule has 1 atom stereocenters. The Balaban J connectivity index is 2.02. The fourth-order valence-corrected chi connectivity index (χ4v) is 2.99. The average Bonchev–Trinajstić information content (AvgIpc) is 2.96. The zero-order valence-corrected chi connectivity index (χ0v) is 13.2. The van der Waals surface area contributed by atoms with Crippen LogP contribution in [0.25, 0.3) is 0 Å². The van der Waals surface area contributed by atoms with Crippen LogP contribution in [0, 0.1) is 12.8 Å². The lowest BCUT2D eigenvalue weighted by molar-refractivity contribution is 0.248. The quantitative estimate of drug-likeness (QED) is 0.783. The van der Waals surface area contributed by atoms with Crippen LogP contribution < -0.4 is 10.1 Å². The molecule has 1 fully saturated rings. The normalized spacial score (nSPS) is 17.4. The maximum atomic E-state index is 6.14. The van der Waals surface area contributed by atoms with Crippen LogP contribution in [0.1, 0.15) is 63.1 Å². The van der Waals surface area contributed by atoms with Crippen LogP contribution in [0.2, 0.25) is 0 Å². The minimum absolute atomic E-state index is 0.355. The standard InChI is InChI=1S/C18H29NO/c1-4-11-19-15(3)17-12-14(2)9-10-18(17)20-13-16-7-5-6-8-16/h9-10,12,15-16,19H,4-8,11,13H2,1-3H3. The highest BCUT2D eigenvalue weighted by Gasteiger charge is 2.17. The largest absolute Gasteiger partial charge is 0.493 e. The molecule has 0 aromatic heterocycles. The van der Waals surface area contributed by atoms with E-state index in [-0.39, 0.29) is 0 Å². The van der Waals surface area contributed by atoms with Crippen LogP contribution in [0.15, 0.2) is 18.2 Å². The summed E-state index contributed by atoms with van der Waals surface area (Å²) >= 11 is 0. The molecule has 0 saturated heterocycles. The summed E-state index contributed by atoms with van der Waals surface area (Å²) in [5, 5.41) is 3.56. The first-order valence-electron chi connectivity index (χ1n) is 8.17. The first-order valence-corrected chi connectivity index (χ1v) is 8.17. The Kier molecular flexibility index (Phi) is 5.90. The summed E-state index contributed by atoms with van der Waals surface area (Å²) in [6.07, 6.45) is 6.59. The first kappa shape index (κ1) is 15.4. The SMILES string of the molecule is CCCNC(C)c1cc(C)ccc1OCC1CCCC1. The van der Waals surface area contributed by atoms with Crippen molar-refractivity contribution in [3.63, 3.8) is 0 Å². The van der Waals surface area contributed by atoms with E-state index >= 15 is 0 Å². The summed E-state index contributed by atoms with van der Waals surface area (Å²) in [4.78, 5) is 0. The van der Waals surface area contributed by atoms with Gasteiger partial charge in [0, 0.05) is 11.6 Å². The minimum atomic E-state index is 0.355. The van der Waals surface area contributed by atoms with Gasteiger partial charge in [0.05, 0.1) is 6.61 Å². The monoisotopic (exact) mass is 275 g/mol. The second kappa shape index (κ2) is 7.68. The maximum absolute atomic E-state index is 6.14. The lowest BCUT2D eigenvalue weighted by Gasteiger charge is -2.20. The van der Waals surface area contributed by atoms with E-state index in [1.807, 2.05) is 0 Å². The van der Waals surface area contributed by atoms with Crippen molar-refractivity contribution in [1.82, 2.24) is 5.32 Å². The summed E-state index contributed by atoms with van der Waals surface area (Å²) in [6, 6.07) is 6.91. The highest BCUT2D eigenvalue weighted by Crippen LogP contribution is 2.29. The Bertz CT molecular complexity index is 410. The van der Waals surface area contributed by atoms with Crippen molar-refractivity contribution in [2.75, 3.05) is 13.2 Å². The Morgan fingerprint density at radius 3 is 2.75 bits per heavy atom. The van der Waals surface area contributed by atoms with E-state index in [2.05, 4.69) is 44.3 Å². The number of nitrogens with one attached hydrogen (secondary N) is 1. The molecule has 0 spiro atoms. The van der Waals surface area contributed by atoms with Crippen molar-refractivity contribution in [3.8, 4) is 5.75 Å². The van der Waals surface area contributed by atoms with E-state index < -0.39 is 0 Å². The highest BCUT2D eigenvalue weighted by atomic mass is 16.5. The number of benzene rings is 1. The Morgan fingerprint density at radius 1 is 1.30 bits per heavy atom. The molecule has 1 aromatic rings. The second-order valence-electron chi connectivity index (χ2n) is 6.18. The fraction of sp³-hybridized carbons (Fsp3) is 0.667. The van der Waals surface area contributed by atoms with Crippen LogP contribution in [-0.2, 0) is 0 Å². The van der Waals surface area contributed by atoms with E-state index in [1.54, 1.807) is 0 Å². The summed E-state index contributed by atoms with van der Waals surface area (Å²) < 4.78 is 6.14. The molecular weight excluding hydrogens is 246 g/mol. The van der Waals surface area contributed by atoms with Crippen molar-refractivity contribution < 1.29 is 4.74 Å². The number of hydrogen-bond acceptors (Lipinski definition) is 2. The molecule has 1 N–H and O–H groups in total. The minimum Gasteiger partial charge on any atom is -0.493 e. The van der Waals surface area contributed by atoms with Gasteiger partial charge in [0.15, 0.2) is 0 Å². The van der Waals surface area contributed by atoms with E-state index in [4.69, 9.17) is 4.74 Å². The molecule has 1 aliphatic rings. The molecule has 2 heteroatoms. The lowest BCUT2D eigenvalue weighted by atomic mass is 10.0. The van der Waals surface area contributed by atoms with Gasteiger partial charge in [-0.05, 0) is 51.6 Å². The summed E-state index contributed by atoms with van der Waals surface area (Å²) in [5.41, 5.74) is 2.61. The van der Waals surface area contributed by atoms with E-state index in [0.29, 0.717) is 6.04 Å². The van der Waals surface area contributed by atoms with Crippen LogP contribution in [0.4, 0.5) is 0 Å². The van der Waals surface area contributed by atoms with Gasteiger partial charge in [-0.3, -0.25) is 0 Å². The topological polar surface area (TPSA) is 21.3 Å². The smallest absolute Gasteiger partial charge is 0.124 e. The number of hydrogen-bond donors (Lipinski definition) is 1. The van der Waals surface area contributed by atoms with Gasteiger partial charge in [-0.2, -0.15) is 0 Å². The van der Waals surface area contributed by atoms with Gasteiger partial charge >= 0.3 is 0 Å². The zero-order chi connectivity index (χ0) is 14.4. The molecular formula is C18H29NO. The Hall–Kier alpha value is -1.02. The molecule has 112 valence electrons. The molecule has 1 saturated carbocycles. The van der Waals surface area contributed by atoms with E-state index in [1.165, 1.54) is 36.8 Å². The number of rotatable bonds is 7. The third-order valence-corrected chi connectivity index (χ3v) is 4.28. The molecule has 0 aliphatic heterocycles. The Labute approximate surface area is 123 Å². The van der Waals surface area contributed by atoms with Crippen LogP contribution in [0.5, 0.6) is 5.75 Å². The zero-order valence-electron chi connectivity index (χ0n) is 13.2. The van der Waals surface area contributed by atoms with Gasteiger partial charge < -0.3 is 10.1 Å². The second-order valence-corrected chi connectivity index (χ2v) is 6.18. The molecule has 2 rings (SSSR count). The molecule has 2 nitrogen and oxygen atoms in total. The van der Waals surface area contributed by atoms with Crippen molar-refractivity contribution in [2.45, 2.75) is 58.9 Å². The molecule has 20 heavy (non-hydrogen) atoms. The molecule has 0 bridgehead atoms. The molecule has 0 amide bonds. The van der Waals surface area contributed by atoms with Crippen LogP contribution in [0.3, 0.4) is 0 Å². The van der Waals surface area contributed by atoms with Crippen molar-refractivity contribution >= 4 is 0 Å². The van der Waals surface area contributed by atoms with Crippen molar-refractivity contribution in [2.24, 2.45) is 5.92 Å². The first-order chi connectivity index (χ1) is 9.70. The number of ether oxygens (including phenoxy) is 1. The third kappa shape index (κ3) is 4.24. The fourth-order valence-electron chi connectivity index (χ4n) is 2.99. The summed E-state index contributed by atoms with van der Waals surface area (Å²) in [6.45, 7) is 8.52. The maximum Gasteiger partial charge on any atom is 0.124 e. The van der Waals surface area contributed by atoms with Crippen LogP contribution >= 0.6 is 0 Å². The molecule has 0 heterocycles. The summed E-state index contributed by atoms with van der Waals surface area (Å²) in [5.74, 6) is 1.83. The molecule has 0 radical (unpaired) electrons. The molecule has 1 aliphatic carbocycles. The van der Waals surface area contributed by atoms with Gasteiger partial charge in [0.1, 0.15) is 5.75 Å². The van der Waals surface area contributed by atoms with E-state index in [9.17, 15) is 0 Å². The van der Waals surface area contributed by atoms with Gasteiger partial charge in [-0.15, -0.1) is 0 Å². The van der Waals surface area contributed by atoms with Gasteiger partial charge in [0.25, 0.3) is 0 Å². The average molecular weight is 275 g/mol. The molecule has 1 aromatic carbocycles. The predicted octanol–water partition coefficient (Wildman–Crippen LogP) is 4.62. The molecule has 1 unspecified atom stereocenters. The van der Waals surface area contributed by atoms with Crippen LogP contribution in [-0.4, -0.2) is 13.2 Å². The Morgan fingerprint density at radius 2 is 2.05 bits per heavy atom. The van der Waals surface area contributed by atoms with Crippen molar-refractivity contribution in [1.29, 1.82) is 0 Å². The highest BCUT2D eigenvalue weighted by molar-refractivity contribution is 5.39. The third-order valence-electron chi connectivity index (χ3n) is 4.28. The summed E-state index contributed by atoms with van der Waals surface area (Å²) in [7, 11) is 0. The predicted molar refractivity (Wildman–Crippen MR) is 85.3 cm³/mol. The van der Waals surface area contributed by atoms with Gasteiger partial charge in [0.2, 0.25) is 0 Å². The van der Waals surface area contributed by atoms with Gasteiger partial charge in [-0.25, -0.2) is 0 Å². The van der Waals surface area contributed by atoms with Crippen molar-refractivity contribution in [3.05, 3.63) is 29.3 Å². The van der Waals surface area contributed by atoms with E-state index in [0.717, 1.165) is 31.2 Å². The van der Waals surface area contributed by atoms with Gasteiger partial charge in [-0.1, -0.05) is 37.5 Å². The lowest BCUT2D eigenvalue weighted by Crippen LogP contribution is -2.20. The number of aryl methyl sites for hydroxylation is 1.